The Morgan fingerprint density at radius 2 is 1.89 bits per heavy atom. The van der Waals surface area contributed by atoms with Crippen LogP contribution in [0.25, 0.3) is 0 Å². The number of nitrogens with one attached hydrogen (secondary N) is 1. The lowest BCUT2D eigenvalue weighted by atomic mass is 10.1. The fraction of sp³-hybridized carbons (Fsp3) is 0.625. The van der Waals surface area contributed by atoms with E-state index >= 15 is 0 Å². The predicted octanol–water partition coefficient (Wildman–Crippen LogP) is 3.55. The van der Waals surface area contributed by atoms with Gasteiger partial charge in [0.15, 0.2) is 0 Å². The van der Waals surface area contributed by atoms with Crippen LogP contribution in [0.15, 0.2) is 24.3 Å². The van der Waals surface area contributed by atoms with Crippen molar-refractivity contribution in [1.29, 1.82) is 0 Å². The molecule has 3 heteroatoms. The average Bonchev–Trinajstić information content (AvgIpc) is 2.43. The molecule has 0 aliphatic carbocycles. The molecule has 0 aliphatic rings. The van der Waals surface area contributed by atoms with Crippen LogP contribution in [-0.4, -0.2) is 25.9 Å². The molecule has 0 aromatic heterocycles. The van der Waals surface area contributed by atoms with Crippen LogP contribution in [0.5, 0.6) is 5.75 Å². The molecule has 0 radical (unpaired) electrons. The number of hydrogen-bond donors (Lipinski definition) is 1. The molecule has 108 valence electrons. The second-order valence-corrected chi connectivity index (χ2v) is 4.80. The van der Waals surface area contributed by atoms with E-state index in [1.54, 1.807) is 0 Å². The number of hydrogen-bond acceptors (Lipinski definition) is 3. The van der Waals surface area contributed by atoms with Crippen molar-refractivity contribution in [2.45, 2.75) is 46.3 Å². The highest BCUT2D eigenvalue weighted by Gasteiger charge is 2.12. The van der Waals surface area contributed by atoms with Crippen LogP contribution >= 0.6 is 0 Å². The van der Waals surface area contributed by atoms with Crippen molar-refractivity contribution in [3.63, 3.8) is 0 Å². The smallest absolute Gasteiger partial charge is 0.124 e. The molecule has 1 N–H and O–H groups in total. The molecule has 0 amide bonds. The third kappa shape index (κ3) is 5.62. The van der Waals surface area contributed by atoms with Crippen molar-refractivity contribution in [3.05, 3.63) is 29.8 Å². The Morgan fingerprint density at radius 3 is 2.58 bits per heavy atom. The summed E-state index contributed by atoms with van der Waals surface area (Å²) >= 11 is 0. The van der Waals surface area contributed by atoms with Gasteiger partial charge in [0.2, 0.25) is 0 Å². The fourth-order valence-electron chi connectivity index (χ4n) is 1.95. The largest absolute Gasteiger partial charge is 0.488 e. The Morgan fingerprint density at radius 1 is 1.16 bits per heavy atom. The molecular weight excluding hydrogens is 238 g/mol. The molecule has 0 fully saturated rings. The molecule has 0 heterocycles. The third-order valence-corrected chi connectivity index (χ3v) is 2.97. The van der Waals surface area contributed by atoms with Crippen LogP contribution in [0.4, 0.5) is 0 Å². The van der Waals surface area contributed by atoms with Crippen molar-refractivity contribution in [2.75, 3.05) is 19.8 Å². The Hall–Kier alpha value is -1.06. The lowest BCUT2D eigenvalue weighted by Crippen LogP contribution is -2.23. The van der Waals surface area contributed by atoms with E-state index in [-0.39, 0.29) is 6.10 Å². The zero-order valence-electron chi connectivity index (χ0n) is 12.6. The van der Waals surface area contributed by atoms with Gasteiger partial charge in [0, 0.05) is 18.2 Å². The molecule has 0 bridgehead atoms. The van der Waals surface area contributed by atoms with E-state index in [2.05, 4.69) is 31.3 Å². The second-order valence-electron chi connectivity index (χ2n) is 4.80. The highest BCUT2D eigenvalue weighted by atomic mass is 16.5. The van der Waals surface area contributed by atoms with Gasteiger partial charge in [-0.3, -0.25) is 0 Å². The fourth-order valence-corrected chi connectivity index (χ4v) is 1.95. The van der Waals surface area contributed by atoms with Crippen LogP contribution in [0.3, 0.4) is 0 Å². The number of benzene rings is 1. The summed E-state index contributed by atoms with van der Waals surface area (Å²) in [6.45, 7) is 10.8. The third-order valence-electron chi connectivity index (χ3n) is 2.97. The monoisotopic (exact) mass is 265 g/mol. The minimum Gasteiger partial charge on any atom is -0.488 e. The second kappa shape index (κ2) is 8.94. The van der Waals surface area contributed by atoms with Gasteiger partial charge in [0.25, 0.3) is 0 Å². The summed E-state index contributed by atoms with van der Waals surface area (Å²) in [6.07, 6.45) is 1.20. The van der Waals surface area contributed by atoms with E-state index in [0.717, 1.165) is 25.3 Å². The molecule has 2 atom stereocenters. The molecule has 1 aromatic carbocycles. The molecule has 1 rings (SSSR count). The van der Waals surface area contributed by atoms with Gasteiger partial charge in [0.1, 0.15) is 11.9 Å². The Bertz CT molecular complexity index is 354. The molecule has 0 saturated heterocycles. The highest BCUT2D eigenvalue weighted by Crippen LogP contribution is 2.25. The number of rotatable bonds is 9. The Balaban J connectivity index is 2.66. The molecule has 3 nitrogen and oxygen atoms in total. The zero-order valence-corrected chi connectivity index (χ0v) is 12.6. The quantitative estimate of drug-likeness (QED) is 0.740. The van der Waals surface area contributed by atoms with E-state index in [0.29, 0.717) is 12.6 Å². The number of ether oxygens (including phenoxy) is 2. The SMILES string of the molecule is CCCNC(C)c1ccccc1OC(C)COCC. The Labute approximate surface area is 117 Å². The zero-order chi connectivity index (χ0) is 14.1. The van der Waals surface area contributed by atoms with Crippen LogP contribution in [0, 0.1) is 0 Å². The summed E-state index contributed by atoms with van der Waals surface area (Å²) in [4.78, 5) is 0. The lowest BCUT2D eigenvalue weighted by Gasteiger charge is -2.21. The average molecular weight is 265 g/mol. The van der Waals surface area contributed by atoms with Gasteiger partial charge in [-0.25, -0.2) is 0 Å². The van der Waals surface area contributed by atoms with E-state index in [9.17, 15) is 0 Å². The van der Waals surface area contributed by atoms with Crippen LogP contribution < -0.4 is 10.1 Å². The first kappa shape index (κ1) is 16.0. The minimum absolute atomic E-state index is 0.0690. The first-order valence-corrected chi connectivity index (χ1v) is 7.25. The van der Waals surface area contributed by atoms with E-state index in [4.69, 9.17) is 9.47 Å². The van der Waals surface area contributed by atoms with Crippen molar-refractivity contribution in [2.24, 2.45) is 0 Å². The first-order chi connectivity index (χ1) is 9.19. The summed E-state index contributed by atoms with van der Waals surface area (Å²) in [5.41, 5.74) is 1.21. The maximum atomic E-state index is 5.98. The Kier molecular flexibility index (Phi) is 7.53. The molecule has 0 saturated carbocycles. The molecular formula is C16H27NO2. The highest BCUT2D eigenvalue weighted by molar-refractivity contribution is 5.35. The lowest BCUT2D eigenvalue weighted by molar-refractivity contribution is 0.0650. The topological polar surface area (TPSA) is 30.5 Å². The predicted molar refractivity (Wildman–Crippen MR) is 79.7 cm³/mol. The molecule has 1 aromatic rings. The van der Waals surface area contributed by atoms with Gasteiger partial charge >= 0.3 is 0 Å². The van der Waals surface area contributed by atoms with Gasteiger partial charge < -0.3 is 14.8 Å². The van der Waals surface area contributed by atoms with Crippen LogP contribution in [0.1, 0.15) is 45.7 Å². The maximum Gasteiger partial charge on any atom is 0.124 e. The molecule has 0 aliphatic heterocycles. The summed E-state index contributed by atoms with van der Waals surface area (Å²) < 4.78 is 11.4. The standard InChI is InChI=1S/C16H27NO2/c1-5-11-17-14(4)15-9-7-8-10-16(15)19-13(3)12-18-6-2/h7-10,13-14,17H,5-6,11-12H2,1-4H3. The summed E-state index contributed by atoms with van der Waals surface area (Å²) in [5.74, 6) is 0.950. The van der Waals surface area contributed by atoms with E-state index in [1.807, 2.05) is 26.0 Å². The van der Waals surface area contributed by atoms with Gasteiger partial charge in [0.05, 0.1) is 6.61 Å². The minimum atomic E-state index is 0.0690. The van der Waals surface area contributed by atoms with Crippen molar-refractivity contribution in [3.8, 4) is 5.75 Å². The van der Waals surface area contributed by atoms with Crippen molar-refractivity contribution < 1.29 is 9.47 Å². The number of para-hydroxylation sites is 1. The van der Waals surface area contributed by atoms with Gasteiger partial charge in [-0.05, 0) is 39.8 Å². The van der Waals surface area contributed by atoms with Gasteiger partial charge in [-0.1, -0.05) is 25.1 Å². The van der Waals surface area contributed by atoms with Crippen LogP contribution in [-0.2, 0) is 4.74 Å². The normalized spacial score (nSPS) is 14.1. The van der Waals surface area contributed by atoms with Crippen molar-refractivity contribution in [1.82, 2.24) is 5.32 Å². The van der Waals surface area contributed by atoms with E-state index < -0.39 is 0 Å². The van der Waals surface area contributed by atoms with Gasteiger partial charge in [-0.2, -0.15) is 0 Å². The van der Waals surface area contributed by atoms with E-state index in [1.165, 1.54) is 5.56 Å². The molecule has 2 unspecified atom stereocenters. The summed E-state index contributed by atoms with van der Waals surface area (Å²) in [5, 5.41) is 3.49. The maximum absolute atomic E-state index is 5.98. The molecule has 19 heavy (non-hydrogen) atoms. The summed E-state index contributed by atoms with van der Waals surface area (Å²) in [6, 6.07) is 8.52. The first-order valence-electron chi connectivity index (χ1n) is 7.25. The van der Waals surface area contributed by atoms with Crippen LogP contribution in [0.2, 0.25) is 0 Å². The van der Waals surface area contributed by atoms with Crippen molar-refractivity contribution >= 4 is 0 Å². The molecule has 0 spiro atoms. The summed E-state index contributed by atoms with van der Waals surface area (Å²) in [7, 11) is 0. The van der Waals surface area contributed by atoms with Gasteiger partial charge in [-0.15, -0.1) is 0 Å².